The summed E-state index contributed by atoms with van der Waals surface area (Å²) in [6, 6.07) is 6.11. The molecule has 1 saturated heterocycles. The maximum Gasteiger partial charge on any atom is 0.246 e. The molecular weight excluding hydrogens is 622 g/mol. The first-order chi connectivity index (χ1) is 22.4. The van der Waals surface area contributed by atoms with Crippen LogP contribution in [0, 0.1) is 12.3 Å². The number of β-amino-alcohol motifs (C(OH)–C–C–N with tert-alkyl or cyclic N) is 1. The number of nitrogens with zero attached hydrogens (tertiary/aromatic N) is 3. The second-order valence-electron chi connectivity index (χ2n) is 12.7. The van der Waals surface area contributed by atoms with Crippen LogP contribution in [-0.2, 0) is 35.1 Å². The maximum absolute atomic E-state index is 13.8. The van der Waals surface area contributed by atoms with Crippen molar-refractivity contribution >= 4 is 29.1 Å². The van der Waals surface area contributed by atoms with Crippen LogP contribution in [0.3, 0.4) is 0 Å². The van der Waals surface area contributed by atoms with Gasteiger partial charge in [-0.25, -0.2) is 4.98 Å². The zero-order chi connectivity index (χ0) is 34.4. The summed E-state index contributed by atoms with van der Waals surface area (Å²) >= 11 is 1.58. The van der Waals surface area contributed by atoms with Crippen molar-refractivity contribution in [3.8, 4) is 10.4 Å². The van der Waals surface area contributed by atoms with Crippen molar-refractivity contribution in [1.29, 1.82) is 0 Å². The molecule has 13 heteroatoms. The molecule has 1 aromatic carbocycles. The Morgan fingerprint density at radius 1 is 1.04 bits per heavy atom. The fourth-order valence-corrected chi connectivity index (χ4v) is 6.13. The molecule has 1 aromatic heterocycles. The van der Waals surface area contributed by atoms with Crippen LogP contribution in [0.15, 0.2) is 29.8 Å². The van der Waals surface area contributed by atoms with Gasteiger partial charge in [0.05, 0.1) is 55.2 Å². The summed E-state index contributed by atoms with van der Waals surface area (Å²) in [7, 11) is 0. The van der Waals surface area contributed by atoms with Gasteiger partial charge in [0.2, 0.25) is 17.7 Å². The predicted octanol–water partition coefficient (Wildman–Crippen LogP) is 2.62. The Labute approximate surface area is 283 Å². The molecule has 3 rings (SSSR count). The Kier molecular flexibility index (Phi) is 15.7. The number of hydrogen-bond donors (Lipinski definition) is 3. The van der Waals surface area contributed by atoms with E-state index in [9.17, 15) is 19.5 Å². The number of likely N-dealkylation sites (N-methyl/N-ethyl adjacent to an activating group) is 1. The number of rotatable bonds is 19. The summed E-state index contributed by atoms with van der Waals surface area (Å²) < 4.78 is 16.6. The third-order valence-electron chi connectivity index (χ3n) is 8.13. The first-order valence-electron chi connectivity index (χ1n) is 16.4. The number of aromatic nitrogens is 1. The third-order valence-corrected chi connectivity index (χ3v) is 9.11. The number of aliphatic hydroxyl groups is 1. The number of likely N-dealkylation sites (tertiary alicyclic amines) is 1. The molecule has 0 saturated carbocycles. The molecule has 2 heterocycles. The molecule has 1 aliphatic heterocycles. The number of carbonyl (C=O) groups is 3. The summed E-state index contributed by atoms with van der Waals surface area (Å²) in [4.78, 5) is 48.9. The topological polar surface area (TPSA) is 143 Å². The highest BCUT2D eigenvalue weighted by molar-refractivity contribution is 7.13. The van der Waals surface area contributed by atoms with Crippen LogP contribution in [0.5, 0.6) is 0 Å². The average molecular weight is 676 g/mol. The van der Waals surface area contributed by atoms with Gasteiger partial charge in [-0.2, -0.15) is 0 Å². The van der Waals surface area contributed by atoms with E-state index in [4.69, 9.17) is 14.2 Å². The number of amides is 3. The molecule has 2 aromatic rings. The van der Waals surface area contributed by atoms with Gasteiger partial charge in [0.25, 0.3) is 0 Å². The highest BCUT2D eigenvalue weighted by Crippen LogP contribution is 2.28. The number of benzene rings is 1. The number of hydrogen-bond acceptors (Lipinski definition) is 10. The highest BCUT2D eigenvalue weighted by atomic mass is 32.1. The zero-order valence-electron chi connectivity index (χ0n) is 28.8. The van der Waals surface area contributed by atoms with Crippen molar-refractivity contribution in [2.24, 2.45) is 5.41 Å². The molecular formula is C34H53N5O7S. The predicted molar refractivity (Wildman–Crippen MR) is 182 cm³/mol. The van der Waals surface area contributed by atoms with Crippen molar-refractivity contribution in [3.63, 3.8) is 0 Å². The Morgan fingerprint density at radius 3 is 2.28 bits per heavy atom. The van der Waals surface area contributed by atoms with E-state index in [-0.39, 0.29) is 38.6 Å². The van der Waals surface area contributed by atoms with Gasteiger partial charge >= 0.3 is 0 Å². The Hall–Kier alpha value is -2.94. The van der Waals surface area contributed by atoms with Gasteiger partial charge < -0.3 is 39.8 Å². The van der Waals surface area contributed by atoms with Gasteiger partial charge in [-0.15, -0.1) is 11.3 Å². The smallest absolute Gasteiger partial charge is 0.246 e. The SMILES string of the molecule is CCN(CC)CCOCCOCCOCC(=O)N[C@H](C(=O)N1C[C@H](O)C[C@H]1C(=O)NCc1ccc(-c2scnc2C)cc1)C(C)(C)C. The van der Waals surface area contributed by atoms with E-state index in [1.165, 1.54) is 4.90 Å². The monoisotopic (exact) mass is 675 g/mol. The second kappa shape index (κ2) is 19.2. The lowest BCUT2D eigenvalue weighted by Crippen LogP contribution is -2.58. The fourth-order valence-electron chi connectivity index (χ4n) is 5.32. The molecule has 262 valence electrons. The summed E-state index contributed by atoms with van der Waals surface area (Å²) in [6.07, 6.45) is -0.722. The number of thiazole rings is 1. The van der Waals surface area contributed by atoms with Crippen molar-refractivity contribution in [2.75, 3.05) is 65.8 Å². The molecule has 1 fully saturated rings. The maximum atomic E-state index is 13.8. The number of nitrogens with one attached hydrogen (secondary N) is 2. The largest absolute Gasteiger partial charge is 0.391 e. The summed E-state index contributed by atoms with van der Waals surface area (Å²) in [5.74, 6) is -1.22. The van der Waals surface area contributed by atoms with E-state index < -0.39 is 35.4 Å². The number of aryl methyl sites for hydroxylation is 1. The Bertz CT molecular complexity index is 1260. The molecule has 3 N–H and O–H groups in total. The lowest BCUT2D eigenvalue weighted by atomic mass is 9.85. The summed E-state index contributed by atoms with van der Waals surface area (Å²) in [5, 5.41) is 16.2. The first-order valence-corrected chi connectivity index (χ1v) is 17.3. The van der Waals surface area contributed by atoms with Crippen molar-refractivity contribution in [2.45, 2.75) is 72.7 Å². The molecule has 0 radical (unpaired) electrons. The molecule has 47 heavy (non-hydrogen) atoms. The van der Waals surface area contributed by atoms with Gasteiger partial charge in [-0.3, -0.25) is 14.4 Å². The standard InChI is InChI=1S/C34H53N5O7S/c1-7-38(8-2)13-14-44-15-16-45-17-18-46-22-29(41)37-31(34(4,5)6)33(43)39-21-27(40)19-28(39)32(42)35-20-25-9-11-26(12-10-25)30-24(3)36-23-47-30/h9-12,23,27-28,31,40H,7-8,13-22H2,1-6H3,(H,35,42)(H,37,41)/t27-,28+,31-/m1/s1. The lowest BCUT2D eigenvalue weighted by Gasteiger charge is -2.35. The van der Waals surface area contributed by atoms with Gasteiger partial charge in [-0.05, 0) is 36.6 Å². The van der Waals surface area contributed by atoms with Gasteiger partial charge in [0.1, 0.15) is 18.7 Å². The van der Waals surface area contributed by atoms with E-state index in [1.54, 1.807) is 11.3 Å². The Balaban J connectivity index is 1.44. The van der Waals surface area contributed by atoms with Crippen LogP contribution < -0.4 is 10.6 Å². The van der Waals surface area contributed by atoms with Crippen LogP contribution in [0.4, 0.5) is 0 Å². The van der Waals surface area contributed by atoms with Crippen molar-refractivity contribution in [1.82, 2.24) is 25.4 Å². The normalized spacial score (nSPS) is 17.2. The van der Waals surface area contributed by atoms with E-state index in [0.717, 1.165) is 41.3 Å². The first kappa shape index (κ1) is 38.5. The molecule has 12 nitrogen and oxygen atoms in total. The third kappa shape index (κ3) is 12.2. The van der Waals surface area contributed by atoms with Gasteiger partial charge in [-0.1, -0.05) is 58.9 Å². The van der Waals surface area contributed by atoms with E-state index in [0.29, 0.717) is 26.4 Å². The number of ether oxygens (including phenoxy) is 3. The molecule has 3 atom stereocenters. The van der Waals surface area contributed by atoms with E-state index in [1.807, 2.05) is 57.5 Å². The number of carbonyl (C=O) groups excluding carboxylic acids is 3. The minimum Gasteiger partial charge on any atom is -0.391 e. The molecule has 0 unspecified atom stereocenters. The number of aliphatic hydroxyl groups excluding tert-OH is 1. The molecule has 1 aliphatic rings. The van der Waals surface area contributed by atoms with Gasteiger partial charge in [0, 0.05) is 26.1 Å². The highest BCUT2D eigenvalue weighted by Gasteiger charge is 2.44. The van der Waals surface area contributed by atoms with Gasteiger partial charge in [0.15, 0.2) is 0 Å². The van der Waals surface area contributed by atoms with Crippen LogP contribution in [0.2, 0.25) is 0 Å². The van der Waals surface area contributed by atoms with Crippen LogP contribution in [0.25, 0.3) is 10.4 Å². The average Bonchev–Trinajstić information content (AvgIpc) is 3.66. The lowest BCUT2D eigenvalue weighted by molar-refractivity contribution is -0.144. The zero-order valence-corrected chi connectivity index (χ0v) is 29.6. The summed E-state index contributed by atoms with van der Waals surface area (Å²) in [6.45, 7) is 16.8. The molecule has 0 bridgehead atoms. The summed E-state index contributed by atoms with van der Waals surface area (Å²) in [5.41, 5.74) is 4.10. The van der Waals surface area contributed by atoms with Crippen molar-refractivity contribution < 1.29 is 33.7 Å². The second-order valence-corrected chi connectivity index (χ2v) is 13.6. The van der Waals surface area contributed by atoms with Crippen LogP contribution in [-0.4, -0.2) is 122 Å². The molecule has 0 aliphatic carbocycles. The molecule has 0 spiro atoms. The van der Waals surface area contributed by atoms with Crippen LogP contribution >= 0.6 is 11.3 Å². The van der Waals surface area contributed by atoms with Crippen LogP contribution in [0.1, 0.15) is 52.3 Å². The Morgan fingerprint density at radius 2 is 1.68 bits per heavy atom. The minimum atomic E-state index is -0.924. The quantitative estimate of drug-likeness (QED) is 0.192. The van der Waals surface area contributed by atoms with Crippen molar-refractivity contribution in [3.05, 3.63) is 41.0 Å². The van der Waals surface area contributed by atoms with E-state index in [2.05, 4.69) is 34.4 Å². The minimum absolute atomic E-state index is 0.00921. The fraction of sp³-hybridized carbons (Fsp3) is 0.647. The van der Waals surface area contributed by atoms with E-state index >= 15 is 0 Å². The molecule has 3 amide bonds.